The summed E-state index contributed by atoms with van der Waals surface area (Å²) in [6, 6.07) is 2.07. The minimum Gasteiger partial charge on any atom is -0.356 e. The molecular weight excluding hydrogens is 324 g/mol. The van der Waals surface area contributed by atoms with E-state index in [9.17, 15) is 8.42 Å². The van der Waals surface area contributed by atoms with Crippen molar-refractivity contribution in [3.8, 4) is 0 Å². The van der Waals surface area contributed by atoms with Gasteiger partial charge in [-0.15, -0.1) is 0 Å². The van der Waals surface area contributed by atoms with Gasteiger partial charge in [0.15, 0.2) is 9.84 Å². The number of rotatable bonds is 4. The van der Waals surface area contributed by atoms with Gasteiger partial charge in [-0.25, -0.2) is 18.4 Å². The molecule has 0 bridgehead atoms. The minimum absolute atomic E-state index is 0.0310. The Kier molecular flexibility index (Phi) is 4.99. The van der Waals surface area contributed by atoms with Crippen LogP contribution in [-0.2, 0) is 9.84 Å². The van der Waals surface area contributed by atoms with Crippen LogP contribution >= 0.6 is 0 Å². The molecule has 3 heterocycles. The highest BCUT2D eigenvalue weighted by atomic mass is 32.2. The molecule has 0 saturated carbocycles. The zero-order valence-corrected chi connectivity index (χ0v) is 15.7. The lowest BCUT2D eigenvalue weighted by atomic mass is 9.99. The van der Waals surface area contributed by atoms with Crippen molar-refractivity contribution >= 4 is 21.5 Å². The second kappa shape index (κ2) is 6.86. The molecule has 2 aliphatic heterocycles. The maximum atomic E-state index is 11.8. The van der Waals surface area contributed by atoms with Crippen molar-refractivity contribution < 1.29 is 8.42 Å². The zero-order valence-electron chi connectivity index (χ0n) is 14.9. The lowest BCUT2D eigenvalue weighted by Gasteiger charge is -2.33. The van der Waals surface area contributed by atoms with Gasteiger partial charge in [0.2, 0.25) is 0 Å². The summed E-state index contributed by atoms with van der Waals surface area (Å²) in [7, 11) is -2.90. The molecule has 24 heavy (non-hydrogen) atoms. The third-order valence-electron chi connectivity index (χ3n) is 5.20. The molecule has 2 aliphatic rings. The van der Waals surface area contributed by atoms with Crippen LogP contribution in [0, 0.1) is 12.8 Å². The molecule has 0 aliphatic carbocycles. The molecule has 2 fully saturated rings. The molecule has 0 radical (unpaired) electrons. The number of aromatic nitrogens is 2. The molecular formula is C17H28N4O2S. The van der Waals surface area contributed by atoms with E-state index in [4.69, 9.17) is 0 Å². The van der Waals surface area contributed by atoms with Gasteiger partial charge in [-0.1, -0.05) is 6.92 Å². The van der Waals surface area contributed by atoms with Crippen molar-refractivity contribution in [2.24, 2.45) is 5.92 Å². The van der Waals surface area contributed by atoms with Gasteiger partial charge in [-0.2, -0.15) is 0 Å². The van der Waals surface area contributed by atoms with Crippen LogP contribution in [0.25, 0.3) is 0 Å². The molecule has 0 amide bonds. The number of hydrogen-bond donors (Lipinski definition) is 0. The Labute approximate surface area is 145 Å². The fraction of sp³-hybridized carbons (Fsp3) is 0.765. The third kappa shape index (κ3) is 3.82. The molecule has 2 saturated heterocycles. The van der Waals surface area contributed by atoms with Gasteiger partial charge in [0, 0.05) is 31.7 Å². The molecule has 7 heteroatoms. The molecule has 134 valence electrons. The summed E-state index contributed by atoms with van der Waals surface area (Å²) in [6.45, 7) is 9.09. The SMILES string of the molecule is CCN(c1cc(N2CCC(C)CC2)nc(C)n1)C1CCS(=O)(=O)C1. The van der Waals surface area contributed by atoms with Gasteiger partial charge in [0.05, 0.1) is 11.5 Å². The number of sulfone groups is 1. The largest absolute Gasteiger partial charge is 0.356 e. The number of hydrogen-bond acceptors (Lipinski definition) is 6. The Balaban J connectivity index is 1.84. The fourth-order valence-electron chi connectivity index (χ4n) is 3.71. The predicted molar refractivity (Wildman–Crippen MR) is 97.5 cm³/mol. The molecule has 6 nitrogen and oxygen atoms in total. The number of aryl methyl sites for hydroxylation is 1. The van der Waals surface area contributed by atoms with E-state index in [2.05, 4.69) is 33.6 Å². The summed E-state index contributed by atoms with van der Waals surface area (Å²) in [5.74, 6) is 3.89. The van der Waals surface area contributed by atoms with Crippen molar-refractivity contribution in [3.63, 3.8) is 0 Å². The highest BCUT2D eigenvalue weighted by molar-refractivity contribution is 7.91. The summed E-state index contributed by atoms with van der Waals surface area (Å²) in [4.78, 5) is 13.7. The summed E-state index contributed by atoms with van der Waals surface area (Å²) < 4.78 is 23.7. The normalized spacial score (nSPS) is 24.3. The molecule has 1 unspecified atom stereocenters. The smallest absolute Gasteiger partial charge is 0.152 e. The van der Waals surface area contributed by atoms with Gasteiger partial charge in [0.25, 0.3) is 0 Å². The van der Waals surface area contributed by atoms with Crippen molar-refractivity contribution in [3.05, 3.63) is 11.9 Å². The average Bonchev–Trinajstić information content (AvgIpc) is 2.88. The van der Waals surface area contributed by atoms with E-state index in [1.54, 1.807) is 0 Å². The molecule has 0 spiro atoms. The van der Waals surface area contributed by atoms with Crippen molar-refractivity contribution in [2.45, 2.75) is 46.1 Å². The first kappa shape index (κ1) is 17.5. The molecule has 0 N–H and O–H groups in total. The summed E-state index contributed by atoms with van der Waals surface area (Å²) in [5, 5.41) is 0. The van der Waals surface area contributed by atoms with Crippen molar-refractivity contribution in [1.82, 2.24) is 9.97 Å². The van der Waals surface area contributed by atoms with Crippen LogP contribution < -0.4 is 9.80 Å². The number of nitrogens with zero attached hydrogens (tertiary/aromatic N) is 4. The van der Waals surface area contributed by atoms with E-state index in [1.807, 2.05) is 13.0 Å². The molecule has 3 rings (SSSR count). The summed E-state index contributed by atoms with van der Waals surface area (Å²) >= 11 is 0. The van der Waals surface area contributed by atoms with Crippen LogP contribution in [-0.4, -0.2) is 55.6 Å². The molecule has 1 aromatic heterocycles. The first-order chi connectivity index (χ1) is 11.4. The first-order valence-electron chi connectivity index (χ1n) is 8.95. The third-order valence-corrected chi connectivity index (χ3v) is 6.95. The second-order valence-electron chi connectivity index (χ2n) is 7.14. The molecule has 1 aromatic rings. The maximum absolute atomic E-state index is 11.8. The summed E-state index contributed by atoms with van der Waals surface area (Å²) in [5.41, 5.74) is 0. The standard InChI is InChI=1S/C17H28N4O2S/c1-4-21(15-7-10-24(22,23)12-15)17-11-16(18-14(3)19-17)20-8-5-13(2)6-9-20/h11,13,15H,4-10,12H2,1-3H3. The van der Waals surface area contributed by atoms with Gasteiger partial charge in [-0.05, 0) is 39.0 Å². The monoisotopic (exact) mass is 352 g/mol. The van der Waals surface area contributed by atoms with Crippen molar-refractivity contribution in [2.75, 3.05) is 40.9 Å². The zero-order chi connectivity index (χ0) is 17.3. The molecule has 0 aromatic carbocycles. The number of anilines is 2. The Morgan fingerprint density at radius 1 is 1.25 bits per heavy atom. The average molecular weight is 353 g/mol. The van der Waals surface area contributed by atoms with Gasteiger partial charge >= 0.3 is 0 Å². The van der Waals surface area contributed by atoms with E-state index in [1.165, 1.54) is 12.8 Å². The van der Waals surface area contributed by atoms with Crippen LogP contribution in [0.3, 0.4) is 0 Å². The van der Waals surface area contributed by atoms with Crippen LogP contribution in [0.2, 0.25) is 0 Å². The lowest BCUT2D eigenvalue weighted by molar-refractivity contribution is 0.436. The Morgan fingerprint density at radius 3 is 2.54 bits per heavy atom. The van der Waals surface area contributed by atoms with E-state index >= 15 is 0 Å². The number of piperidine rings is 1. The van der Waals surface area contributed by atoms with Gasteiger partial charge < -0.3 is 9.80 Å². The van der Waals surface area contributed by atoms with Crippen LogP contribution in [0.4, 0.5) is 11.6 Å². The van der Waals surface area contributed by atoms with Crippen LogP contribution in [0.5, 0.6) is 0 Å². The fourth-order valence-corrected chi connectivity index (χ4v) is 5.44. The Bertz CT molecular complexity index is 684. The van der Waals surface area contributed by atoms with Crippen LogP contribution in [0.1, 0.15) is 38.9 Å². The van der Waals surface area contributed by atoms with Gasteiger partial charge in [-0.3, -0.25) is 0 Å². The quantitative estimate of drug-likeness (QED) is 0.826. The minimum atomic E-state index is -2.90. The lowest BCUT2D eigenvalue weighted by Crippen LogP contribution is -2.38. The highest BCUT2D eigenvalue weighted by Gasteiger charge is 2.32. The van der Waals surface area contributed by atoms with E-state index in [-0.39, 0.29) is 17.5 Å². The Hall–Kier alpha value is -1.37. The first-order valence-corrected chi connectivity index (χ1v) is 10.8. The van der Waals surface area contributed by atoms with Crippen molar-refractivity contribution in [1.29, 1.82) is 0 Å². The van der Waals surface area contributed by atoms with Crippen LogP contribution in [0.15, 0.2) is 6.07 Å². The maximum Gasteiger partial charge on any atom is 0.152 e. The second-order valence-corrected chi connectivity index (χ2v) is 9.37. The van der Waals surface area contributed by atoms with E-state index < -0.39 is 9.84 Å². The van der Waals surface area contributed by atoms with E-state index in [0.717, 1.165) is 43.0 Å². The van der Waals surface area contributed by atoms with E-state index in [0.29, 0.717) is 6.42 Å². The molecule has 1 atom stereocenters. The predicted octanol–water partition coefficient (Wildman–Crippen LogP) is 2.03. The van der Waals surface area contributed by atoms with Gasteiger partial charge in [0.1, 0.15) is 17.5 Å². The highest BCUT2D eigenvalue weighted by Crippen LogP contribution is 2.27. The summed E-state index contributed by atoms with van der Waals surface area (Å²) in [6.07, 6.45) is 3.07. The topological polar surface area (TPSA) is 66.4 Å². The Morgan fingerprint density at radius 2 is 1.96 bits per heavy atom.